The van der Waals surface area contributed by atoms with Gasteiger partial charge < -0.3 is 9.73 Å². The van der Waals surface area contributed by atoms with Crippen molar-refractivity contribution in [1.29, 1.82) is 0 Å². The van der Waals surface area contributed by atoms with Crippen LogP contribution >= 0.6 is 12.4 Å². The van der Waals surface area contributed by atoms with E-state index in [4.69, 9.17) is 4.42 Å². The smallest absolute Gasteiger partial charge is 0.134 e. The van der Waals surface area contributed by atoms with Gasteiger partial charge in [-0.1, -0.05) is 19.1 Å². The van der Waals surface area contributed by atoms with Crippen molar-refractivity contribution in [2.24, 2.45) is 0 Å². The van der Waals surface area contributed by atoms with Gasteiger partial charge in [0, 0.05) is 11.4 Å². The molecule has 2 rings (SSSR count). The van der Waals surface area contributed by atoms with Crippen molar-refractivity contribution in [3.8, 4) is 0 Å². The van der Waals surface area contributed by atoms with Crippen LogP contribution in [-0.4, -0.2) is 12.6 Å². The second-order valence-corrected chi connectivity index (χ2v) is 3.91. The van der Waals surface area contributed by atoms with E-state index in [1.54, 1.807) is 6.26 Å². The molecule has 1 atom stereocenters. The Bertz CT molecular complexity index is 438. The Hall–Kier alpha value is -0.990. The first-order valence-electron chi connectivity index (χ1n) is 5.49. The number of rotatable bonds is 4. The molecule has 0 fully saturated rings. The van der Waals surface area contributed by atoms with Crippen LogP contribution in [0, 0.1) is 0 Å². The predicted molar refractivity (Wildman–Crippen MR) is 70.3 cm³/mol. The topological polar surface area (TPSA) is 25.2 Å². The number of halogens is 1. The van der Waals surface area contributed by atoms with E-state index in [9.17, 15) is 0 Å². The Morgan fingerprint density at radius 3 is 2.88 bits per heavy atom. The van der Waals surface area contributed by atoms with Crippen LogP contribution in [0.5, 0.6) is 0 Å². The normalized spacial score (nSPS) is 12.4. The Morgan fingerprint density at radius 2 is 2.12 bits per heavy atom. The minimum atomic E-state index is 0. The standard InChI is InChI=1S/C13H17NO.ClH/c1-3-14-10(2)9-11-5-4-6-13-12(11)7-8-15-13;/h4-8,10,14H,3,9H2,1-2H3;1H. The fraction of sp³-hybridized carbons (Fsp3) is 0.385. The fourth-order valence-electron chi connectivity index (χ4n) is 1.99. The highest BCUT2D eigenvalue weighted by Crippen LogP contribution is 2.20. The summed E-state index contributed by atoms with van der Waals surface area (Å²) in [5, 5.41) is 4.66. The van der Waals surface area contributed by atoms with E-state index in [1.165, 1.54) is 10.9 Å². The molecule has 2 aromatic rings. The summed E-state index contributed by atoms with van der Waals surface area (Å²) in [6, 6.07) is 8.79. The lowest BCUT2D eigenvalue weighted by Gasteiger charge is -2.12. The molecular formula is C13H18ClNO. The van der Waals surface area contributed by atoms with E-state index in [-0.39, 0.29) is 12.4 Å². The number of likely N-dealkylation sites (N-methyl/N-ethyl adjacent to an activating group) is 1. The summed E-state index contributed by atoms with van der Waals surface area (Å²) in [5.74, 6) is 0. The Kier molecular flexibility index (Phi) is 4.84. The third-order valence-corrected chi connectivity index (χ3v) is 2.66. The van der Waals surface area contributed by atoms with Gasteiger partial charge in [-0.25, -0.2) is 0 Å². The summed E-state index contributed by atoms with van der Waals surface area (Å²) in [6.45, 7) is 5.36. The lowest BCUT2D eigenvalue weighted by molar-refractivity contribution is 0.566. The number of fused-ring (bicyclic) bond motifs is 1. The van der Waals surface area contributed by atoms with Gasteiger partial charge in [-0.2, -0.15) is 0 Å². The van der Waals surface area contributed by atoms with Gasteiger partial charge in [0.15, 0.2) is 0 Å². The molecule has 0 saturated heterocycles. The van der Waals surface area contributed by atoms with Gasteiger partial charge in [0.1, 0.15) is 5.58 Å². The first kappa shape index (κ1) is 13.1. The number of benzene rings is 1. The van der Waals surface area contributed by atoms with Gasteiger partial charge in [-0.05, 0) is 37.6 Å². The molecule has 0 aliphatic rings. The minimum absolute atomic E-state index is 0. The van der Waals surface area contributed by atoms with Gasteiger partial charge in [0.05, 0.1) is 6.26 Å². The first-order chi connectivity index (χ1) is 7.31. The summed E-state index contributed by atoms with van der Waals surface area (Å²) in [4.78, 5) is 0. The molecule has 1 aromatic heterocycles. The van der Waals surface area contributed by atoms with E-state index in [0.29, 0.717) is 6.04 Å². The van der Waals surface area contributed by atoms with Gasteiger partial charge >= 0.3 is 0 Å². The van der Waals surface area contributed by atoms with Crippen molar-refractivity contribution in [2.45, 2.75) is 26.3 Å². The molecule has 1 aromatic carbocycles. The van der Waals surface area contributed by atoms with Crippen LogP contribution in [0.15, 0.2) is 34.9 Å². The van der Waals surface area contributed by atoms with Gasteiger partial charge in [0.2, 0.25) is 0 Å². The average molecular weight is 240 g/mol. The monoisotopic (exact) mass is 239 g/mol. The van der Waals surface area contributed by atoms with Gasteiger partial charge in [0.25, 0.3) is 0 Å². The number of hydrogen-bond donors (Lipinski definition) is 1. The van der Waals surface area contributed by atoms with Crippen LogP contribution in [0.1, 0.15) is 19.4 Å². The highest BCUT2D eigenvalue weighted by atomic mass is 35.5. The summed E-state index contributed by atoms with van der Waals surface area (Å²) < 4.78 is 5.38. The Labute approximate surface area is 102 Å². The van der Waals surface area contributed by atoms with E-state index >= 15 is 0 Å². The third kappa shape index (κ3) is 2.77. The molecule has 0 aliphatic heterocycles. The van der Waals surface area contributed by atoms with Crippen molar-refractivity contribution < 1.29 is 4.42 Å². The molecule has 3 heteroatoms. The maximum atomic E-state index is 5.38. The Balaban J connectivity index is 0.00000128. The van der Waals surface area contributed by atoms with E-state index in [1.807, 2.05) is 12.1 Å². The van der Waals surface area contributed by atoms with Crippen molar-refractivity contribution in [3.05, 3.63) is 36.1 Å². The summed E-state index contributed by atoms with van der Waals surface area (Å²) in [7, 11) is 0. The van der Waals surface area contributed by atoms with Crippen LogP contribution in [0.3, 0.4) is 0 Å². The maximum Gasteiger partial charge on any atom is 0.134 e. The Morgan fingerprint density at radius 1 is 1.31 bits per heavy atom. The highest BCUT2D eigenvalue weighted by molar-refractivity contribution is 5.85. The fourth-order valence-corrected chi connectivity index (χ4v) is 1.99. The zero-order chi connectivity index (χ0) is 10.7. The molecule has 1 N–H and O–H groups in total. The minimum Gasteiger partial charge on any atom is -0.464 e. The van der Waals surface area contributed by atoms with Crippen LogP contribution in [-0.2, 0) is 6.42 Å². The van der Waals surface area contributed by atoms with Gasteiger partial charge in [-0.3, -0.25) is 0 Å². The molecule has 88 valence electrons. The SMILES string of the molecule is CCNC(C)Cc1cccc2occc12.Cl. The van der Waals surface area contributed by atoms with Crippen molar-refractivity contribution in [3.63, 3.8) is 0 Å². The molecular weight excluding hydrogens is 222 g/mol. The van der Waals surface area contributed by atoms with Crippen LogP contribution < -0.4 is 5.32 Å². The molecule has 2 nitrogen and oxygen atoms in total. The van der Waals surface area contributed by atoms with Crippen molar-refractivity contribution in [2.75, 3.05) is 6.54 Å². The molecule has 0 aliphatic carbocycles. The van der Waals surface area contributed by atoms with Gasteiger partial charge in [-0.15, -0.1) is 12.4 Å². The summed E-state index contributed by atoms with van der Waals surface area (Å²) in [5.41, 5.74) is 2.34. The summed E-state index contributed by atoms with van der Waals surface area (Å²) >= 11 is 0. The maximum absolute atomic E-state index is 5.38. The number of hydrogen-bond acceptors (Lipinski definition) is 2. The molecule has 16 heavy (non-hydrogen) atoms. The second-order valence-electron chi connectivity index (χ2n) is 3.91. The number of furan rings is 1. The van der Waals surface area contributed by atoms with E-state index in [0.717, 1.165) is 18.5 Å². The van der Waals surface area contributed by atoms with Crippen LogP contribution in [0.25, 0.3) is 11.0 Å². The largest absolute Gasteiger partial charge is 0.464 e. The quantitative estimate of drug-likeness (QED) is 0.885. The molecule has 0 amide bonds. The summed E-state index contributed by atoms with van der Waals surface area (Å²) in [6.07, 6.45) is 2.80. The first-order valence-corrected chi connectivity index (χ1v) is 5.49. The molecule has 1 heterocycles. The number of nitrogens with one attached hydrogen (secondary N) is 1. The molecule has 0 spiro atoms. The predicted octanol–water partition coefficient (Wildman–Crippen LogP) is 3.40. The lowest BCUT2D eigenvalue weighted by Crippen LogP contribution is -2.27. The highest BCUT2D eigenvalue weighted by Gasteiger charge is 2.06. The average Bonchev–Trinajstić information content (AvgIpc) is 2.67. The third-order valence-electron chi connectivity index (χ3n) is 2.66. The van der Waals surface area contributed by atoms with Crippen LogP contribution in [0.2, 0.25) is 0 Å². The molecule has 1 unspecified atom stereocenters. The zero-order valence-corrected chi connectivity index (χ0v) is 10.5. The molecule has 0 radical (unpaired) electrons. The van der Waals surface area contributed by atoms with E-state index in [2.05, 4.69) is 31.3 Å². The lowest BCUT2D eigenvalue weighted by atomic mass is 10.0. The van der Waals surface area contributed by atoms with Crippen molar-refractivity contribution >= 4 is 23.4 Å². The van der Waals surface area contributed by atoms with Crippen molar-refractivity contribution in [1.82, 2.24) is 5.32 Å². The van der Waals surface area contributed by atoms with E-state index < -0.39 is 0 Å². The second kappa shape index (κ2) is 5.92. The zero-order valence-electron chi connectivity index (χ0n) is 9.69. The molecule has 0 saturated carbocycles. The van der Waals surface area contributed by atoms with Crippen LogP contribution in [0.4, 0.5) is 0 Å². The molecule has 0 bridgehead atoms.